The van der Waals surface area contributed by atoms with Gasteiger partial charge in [0.2, 0.25) is 17.6 Å². The Labute approximate surface area is 168 Å². The molecule has 1 amide bonds. The number of amides is 1. The van der Waals surface area contributed by atoms with Gasteiger partial charge in [-0.2, -0.15) is 13.8 Å². The normalized spacial score (nSPS) is 11.6. The highest BCUT2D eigenvalue weighted by molar-refractivity contribution is 5.83. The number of halogens is 2. The summed E-state index contributed by atoms with van der Waals surface area (Å²) >= 11 is 0. The topological polar surface area (TPSA) is 122 Å². The lowest BCUT2D eigenvalue weighted by molar-refractivity contribution is -0.117. The molecule has 11 heteroatoms. The van der Waals surface area contributed by atoms with E-state index in [4.69, 9.17) is 10.5 Å². The summed E-state index contributed by atoms with van der Waals surface area (Å²) in [5.74, 6) is -4.25. The van der Waals surface area contributed by atoms with Crippen LogP contribution in [0.2, 0.25) is 0 Å². The van der Waals surface area contributed by atoms with Crippen LogP contribution in [0.4, 0.5) is 8.78 Å². The van der Waals surface area contributed by atoms with E-state index in [2.05, 4.69) is 24.9 Å². The molecule has 0 unspecified atom stereocenters. The second-order valence-corrected chi connectivity index (χ2v) is 6.52. The number of carbonyl (C=O) groups is 1. The Morgan fingerprint density at radius 3 is 2.67 bits per heavy atom. The highest BCUT2D eigenvalue weighted by Gasteiger charge is 2.30. The number of pyridine rings is 1. The maximum Gasteiger partial charge on any atom is 0.304 e. The smallest absolute Gasteiger partial charge is 0.304 e. The summed E-state index contributed by atoms with van der Waals surface area (Å²) < 4.78 is 35.2. The van der Waals surface area contributed by atoms with Gasteiger partial charge in [0.05, 0.1) is 30.0 Å². The fourth-order valence-corrected chi connectivity index (χ4v) is 2.79. The van der Waals surface area contributed by atoms with E-state index in [-0.39, 0.29) is 23.9 Å². The first-order chi connectivity index (χ1) is 14.3. The highest BCUT2D eigenvalue weighted by Crippen LogP contribution is 2.29. The van der Waals surface area contributed by atoms with Crippen LogP contribution in [0.15, 0.2) is 49.3 Å². The zero-order chi connectivity index (χ0) is 21.3. The third kappa shape index (κ3) is 4.04. The second kappa shape index (κ2) is 7.43. The molecule has 4 aromatic heterocycles. The van der Waals surface area contributed by atoms with Gasteiger partial charge in [0.1, 0.15) is 12.1 Å². The van der Waals surface area contributed by atoms with Gasteiger partial charge in [-0.3, -0.25) is 9.78 Å². The van der Waals surface area contributed by atoms with Crippen molar-refractivity contribution in [1.82, 2.24) is 29.5 Å². The average Bonchev–Trinajstić information content (AvgIpc) is 3.10. The molecule has 0 aliphatic carbocycles. The van der Waals surface area contributed by atoms with Crippen LogP contribution < -0.4 is 10.5 Å². The molecule has 0 aliphatic rings. The zero-order valence-electron chi connectivity index (χ0n) is 15.7. The predicted octanol–water partition coefficient (Wildman–Crippen LogP) is 2.54. The summed E-state index contributed by atoms with van der Waals surface area (Å²) in [5, 5.41) is 0.727. The van der Waals surface area contributed by atoms with E-state index < -0.39 is 17.7 Å². The fourth-order valence-electron chi connectivity index (χ4n) is 2.79. The summed E-state index contributed by atoms with van der Waals surface area (Å²) in [4.78, 5) is 30.9. The number of nitrogens with two attached hydrogens (primary N) is 1. The molecule has 0 spiro atoms. The van der Waals surface area contributed by atoms with Crippen molar-refractivity contribution in [2.45, 2.75) is 19.3 Å². The van der Waals surface area contributed by atoms with E-state index in [1.165, 1.54) is 24.8 Å². The number of nitrogens with zero attached hydrogens (tertiary/aromatic N) is 6. The maximum atomic E-state index is 14.0. The maximum absolute atomic E-state index is 14.0. The number of ether oxygens (including phenoxy) is 1. The minimum Gasteiger partial charge on any atom is -0.436 e. The molecule has 0 saturated carbocycles. The standard InChI is InChI=1S/C19H15F2N7O2/c1-19(20,21)18-26-16(6-17(27-18)30-13-8-23-10-24-9-13)28-3-2-11-7-25-12(4-14(11)28)5-15(22)29/h2-4,6-10H,5H2,1H3,(H2,22,29). The van der Waals surface area contributed by atoms with Gasteiger partial charge in [0, 0.05) is 30.8 Å². The van der Waals surface area contributed by atoms with Crippen LogP contribution in [0.1, 0.15) is 18.4 Å². The van der Waals surface area contributed by atoms with E-state index >= 15 is 0 Å². The Bertz CT molecular complexity index is 1220. The van der Waals surface area contributed by atoms with Crippen LogP contribution in [-0.4, -0.2) is 35.4 Å². The first kappa shape index (κ1) is 19.3. The molecule has 30 heavy (non-hydrogen) atoms. The van der Waals surface area contributed by atoms with Crippen molar-refractivity contribution in [2.75, 3.05) is 0 Å². The number of rotatable bonds is 6. The molecule has 4 heterocycles. The van der Waals surface area contributed by atoms with Gasteiger partial charge in [-0.15, -0.1) is 0 Å². The number of alkyl halides is 2. The van der Waals surface area contributed by atoms with Crippen molar-refractivity contribution >= 4 is 16.8 Å². The number of aromatic nitrogens is 6. The number of primary amides is 1. The molecule has 0 bridgehead atoms. The Hall–Kier alpha value is -4.02. The van der Waals surface area contributed by atoms with Crippen molar-refractivity contribution in [3.63, 3.8) is 0 Å². The Morgan fingerprint density at radius 1 is 1.20 bits per heavy atom. The molecule has 4 rings (SSSR count). The Morgan fingerprint density at radius 2 is 1.97 bits per heavy atom. The van der Waals surface area contributed by atoms with Gasteiger partial charge >= 0.3 is 5.92 Å². The van der Waals surface area contributed by atoms with Crippen LogP contribution in [0.25, 0.3) is 16.7 Å². The van der Waals surface area contributed by atoms with Gasteiger partial charge in [0.15, 0.2) is 5.75 Å². The molecule has 0 atom stereocenters. The molecule has 2 N–H and O–H groups in total. The number of fused-ring (bicyclic) bond motifs is 1. The SMILES string of the molecule is CC(F)(F)c1nc(Oc2cncnc2)cc(-n2ccc3cnc(CC(N)=O)cc32)n1. The summed E-state index contributed by atoms with van der Waals surface area (Å²) in [7, 11) is 0. The van der Waals surface area contributed by atoms with Crippen molar-refractivity contribution < 1.29 is 18.3 Å². The molecule has 152 valence electrons. The molecule has 0 aliphatic heterocycles. The summed E-state index contributed by atoms with van der Waals surface area (Å²) in [6, 6.07) is 4.81. The van der Waals surface area contributed by atoms with E-state index in [1.807, 2.05) is 0 Å². The third-order valence-electron chi connectivity index (χ3n) is 4.07. The molecule has 9 nitrogen and oxygen atoms in total. The molecular weight excluding hydrogens is 396 g/mol. The monoisotopic (exact) mass is 411 g/mol. The molecule has 0 radical (unpaired) electrons. The van der Waals surface area contributed by atoms with Gasteiger partial charge in [-0.05, 0) is 12.1 Å². The predicted molar refractivity (Wildman–Crippen MR) is 101 cm³/mol. The highest BCUT2D eigenvalue weighted by atomic mass is 19.3. The lowest BCUT2D eigenvalue weighted by Crippen LogP contribution is -2.15. The summed E-state index contributed by atoms with van der Waals surface area (Å²) in [5.41, 5.74) is 6.30. The number of carbonyl (C=O) groups excluding carboxylic acids is 1. The minimum absolute atomic E-state index is 0.0501. The lowest BCUT2D eigenvalue weighted by atomic mass is 10.2. The van der Waals surface area contributed by atoms with Gasteiger partial charge < -0.3 is 15.0 Å². The van der Waals surface area contributed by atoms with Crippen LogP contribution in [-0.2, 0) is 17.1 Å². The molecule has 0 fully saturated rings. The molecular formula is C19H15F2N7O2. The zero-order valence-corrected chi connectivity index (χ0v) is 15.7. The first-order valence-corrected chi connectivity index (χ1v) is 8.74. The van der Waals surface area contributed by atoms with Crippen molar-refractivity contribution in [2.24, 2.45) is 5.73 Å². The Kier molecular flexibility index (Phi) is 4.78. The van der Waals surface area contributed by atoms with Crippen LogP contribution in [0, 0.1) is 0 Å². The van der Waals surface area contributed by atoms with E-state index in [0.717, 1.165) is 5.39 Å². The van der Waals surface area contributed by atoms with E-state index in [0.29, 0.717) is 18.1 Å². The molecule has 0 saturated heterocycles. The molecule has 4 aromatic rings. The average molecular weight is 411 g/mol. The van der Waals surface area contributed by atoms with Crippen molar-refractivity contribution in [1.29, 1.82) is 0 Å². The van der Waals surface area contributed by atoms with Gasteiger partial charge in [-0.25, -0.2) is 15.0 Å². The largest absolute Gasteiger partial charge is 0.436 e. The minimum atomic E-state index is -3.30. The summed E-state index contributed by atoms with van der Waals surface area (Å²) in [6.45, 7) is 0.699. The quantitative estimate of drug-likeness (QED) is 0.517. The van der Waals surface area contributed by atoms with Gasteiger partial charge in [-0.1, -0.05) is 0 Å². The van der Waals surface area contributed by atoms with E-state index in [9.17, 15) is 13.6 Å². The van der Waals surface area contributed by atoms with Crippen molar-refractivity contribution in [3.05, 3.63) is 60.8 Å². The summed E-state index contributed by atoms with van der Waals surface area (Å²) in [6.07, 6.45) is 7.24. The Balaban J connectivity index is 1.83. The number of hydrogen-bond acceptors (Lipinski definition) is 7. The van der Waals surface area contributed by atoms with E-state index in [1.54, 1.807) is 29.1 Å². The number of hydrogen-bond donors (Lipinski definition) is 1. The van der Waals surface area contributed by atoms with Crippen LogP contribution >= 0.6 is 0 Å². The van der Waals surface area contributed by atoms with Crippen LogP contribution in [0.3, 0.4) is 0 Å². The van der Waals surface area contributed by atoms with Gasteiger partial charge in [0.25, 0.3) is 0 Å². The first-order valence-electron chi connectivity index (χ1n) is 8.74. The second-order valence-electron chi connectivity index (χ2n) is 6.52. The molecule has 0 aromatic carbocycles. The third-order valence-corrected chi connectivity index (χ3v) is 4.07. The van der Waals surface area contributed by atoms with Crippen molar-refractivity contribution in [3.8, 4) is 17.4 Å². The fraction of sp³-hybridized carbons (Fsp3) is 0.158. The lowest BCUT2D eigenvalue weighted by Gasteiger charge is -2.14. The van der Waals surface area contributed by atoms with Crippen LogP contribution in [0.5, 0.6) is 11.6 Å².